The van der Waals surface area contributed by atoms with Crippen LogP contribution in [-0.2, 0) is 14.4 Å². The van der Waals surface area contributed by atoms with Crippen LogP contribution in [0.25, 0.3) is 0 Å². The fourth-order valence-electron chi connectivity index (χ4n) is 5.55. The summed E-state index contributed by atoms with van der Waals surface area (Å²) in [6.45, 7) is 7.27. The lowest BCUT2D eigenvalue weighted by molar-refractivity contribution is -0.927. The van der Waals surface area contributed by atoms with E-state index < -0.39 is 40.5 Å². The minimum absolute atomic E-state index is 0.145. The molecule has 210 valence electrons. The van der Waals surface area contributed by atoms with E-state index >= 15 is 0 Å². The number of hydrogen-bond acceptors (Lipinski definition) is 3. The van der Waals surface area contributed by atoms with Gasteiger partial charge in [0.25, 0.3) is 0 Å². The highest BCUT2D eigenvalue weighted by molar-refractivity contribution is 5.78. The van der Waals surface area contributed by atoms with Crippen LogP contribution in [0.2, 0.25) is 0 Å². The van der Waals surface area contributed by atoms with Crippen molar-refractivity contribution in [2.75, 3.05) is 0 Å². The van der Waals surface area contributed by atoms with Crippen LogP contribution < -0.4 is 0 Å². The molecule has 0 radical (unpaired) electrons. The van der Waals surface area contributed by atoms with Crippen molar-refractivity contribution in [2.45, 2.75) is 155 Å². The summed E-state index contributed by atoms with van der Waals surface area (Å²) < 4.78 is -0.581. The fraction of sp³-hybridized carbons (Fsp3) is 0.828. The largest absolute Gasteiger partial charge is 0.477 e. The fourth-order valence-corrected chi connectivity index (χ4v) is 5.55. The number of hydrogen-bond donors (Lipinski definition) is 3. The number of quaternary nitrogens is 1. The molecule has 0 rings (SSSR count). The van der Waals surface area contributed by atoms with Crippen LogP contribution in [0.15, 0.2) is 12.3 Å². The van der Waals surface area contributed by atoms with E-state index in [2.05, 4.69) is 6.92 Å². The SMILES string of the molecule is CCCCCCCCCCCCCCC/C=C/[N+](C(CC)C(=O)O)(C(CC)C(=O)O)C(CC)C(=O)O. The Morgan fingerprint density at radius 2 is 0.861 bits per heavy atom. The summed E-state index contributed by atoms with van der Waals surface area (Å²) in [5.41, 5.74) is 0. The van der Waals surface area contributed by atoms with Gasteiger partial charge in [-0.05, 0) is 18.9 Å². The molecule has 0 aromatic carbocycles. The molecule has 36 heavy (non-hydrogen) atoms. The quantitative estimate of drug-likeness (QED) is 0.0918. The first-order chi connectivity index (χ1) is 17.2. The minimum Gasteiger partial charge on any atom is -0.477 e. The molecular weight excluding hydrogens is 458 g/mol. The van der Waals surface area contributed by atoms with Gasteiger partial charge >= 0.3 is 17.9 Å². The predicted molar refractivity (Wildman–Crippen MR) is 145 cm³/mol. The Bertz CT molecular complexity index is 593. The number of rotatable bonds is 24. The molecule has 0 aromatic rings. The third-order valence-corrected chi connectivity index (χ3v) is 7.47. The van der Waals surface area contributed by atoms with Crippen LogP contribution in [0.5, 0.6) is 0 Å². The lowest BCUT2D eigenvalue weighted by atomic mass is 9.95. The van der Waals surface area contributed by atoms with Crippen molar-refractivity contribution >= 4 is 17.9 Å². The lowest BCUT2D eigenvalue weighted by Crippen LogP contribution is -2.69. The summed E-state index contributed by atoms with van der Waals surface area (Å²) in [4.78, 5) is 36.6. The molecular formula is C29H54NO6+. The van der Waals surface area contributed by atoms with Gasteiger partial charge in [0, 0.05) is 19.3 Å². The van der Waals surface area contributed by atoms with Gasteiger partial charge in [-0.2, -0.15) is 0 Å². The van der Waals surface area contributed by atoms with E-state index in [1.54, 1.807) is 27.0 Å². The predicted octanol–water partition coefficient (Wildman–Crippen LogP) is 7.39. The van der Waals surface area contributed by atoms with Crippen LogP contribution in [0.1, 0.15) is 137 Å². The van der Waals surface area contributed by atoms with Gasteiger partial charge in [0.2, 0.25) is 0 Å². The summed E-state index contributed by atoms with van der Waals surface area (Å²) in [6.07, 6.45) is 20.8. The molecule has 0 bridgehead atoms. The van der Waals surface area contributed by atoms with Crippen molar-refractivity contribution in [1.82, 2.24) is 0 Å². The van der Waals surface area contributed by atoms with Gasteiger partial charge in [0.15, 0.2) is 18.1 Å². The van der Waals surface area contributed by atoms with Crippen molar-refractivity contribution in [3.8, 4) is 0 Å². The van der Waals surface area contributed by atoms with Gasteiger partial charge in [0.1, 0.15) is 0 Å². The summed E-state index contributed by atoms with van der Waals surface area (Å²) in [5.74, 6) is -3.49. The first kappa shape index (κ1) is 34.1. The molecule has 0 saturated carbocycles. The van der Waals surface area contributed by atoms with E-state index in [-0.39, 0.29) is 19.3 Å². The van der Waals surface area contributed by atoms with Crippen molar-refractivity contribution in [1.29, 1.82) is 0 Å². The lowest BCUT2D eigenvalue weighted by Gasteiger charge is -2.46. The van der Waals surface area contributed by atoms with Gasteiger partial charge in [-0.3, -0.25) is 4.48 Å². The molecule has 0 aliphatic heterocycles. The topological polar surface area (TPSA) is 112 Å². The van der Waals surface area contributed by atoms with Gasteiger partial charge in [0.05, 0.1) is 6.20 Å². The highest BCUT2D eigenvalue weighted by Gasteiger charge is 2.55. The number of aliphatic carboxylic acids is 3. The maximum Gasteiger partial charge on any atom is 0.362 e. The summed E-state index contributed by atoms with van der Waals surface area (Å²) in [7, 11) is 0. The van der Waals surface area contributed by atoms with Crippen LogP contribution in [0.4, 0.5) is 0 Å². The van der Waals surface area contributed by atoms with Crippen molar-refractivity contribution in [2.24, 2.45) is 0 Å². The summed E-state index contributed by atoms with van der Waals surface area (Å²) >= 11 is 0. The van der Waals surface area contributed by atoms with Crippen LogP contribution >= 0.6 is 0 Å². The molecule has 0 aliphatic rings. The maximum atomic E-state index is 12.2. The Morgan fingerprint density at radius 3 is 1.14 bits per heavy atom. The van der Waals surface area contributed by atoms with Crippen LogP contribution in [0.3, 0.4) is 0 Å². The molecule has 0 aliphatic carbocycles. The third kappa shape index (κ3) is 11.4. The van der Waals surface area contributed by atoms with Gasteiger partial charge < -0.3 is 15.3 Å². The number of carboxylic acids is 3. The average molecular weight is 513 g/mol. The molecule has 3 N–H and O–H groups in total. The molecule has 7 nitrogen and oxygen atoms in total. The van der Waals surface area contributed by atoms with Gasteiger partial charge in [-0.15, -0.1) is 0 Å². The zero-order chi connectivity index (χ0) is 27.4. The molecule has 3 unspecified atom stereocenters. The number of nitrogens with zero attached hydrogens (tertiary/aromatic N) is 1. The second-order valence-electron chi connectivity index (χ2n) is 10.1. The van der Waals surface area contributed by atoms with Crippen LogP contribution in [-0.4, -0.2) is 55.8 Å². The number of unbranched alkanes of at least 4 members (excludes halogenated alkanes) is 13. The second kappa shape index (κ2) is 20.2. The monoisotopic (exact) mass is 512 g/mol. The number of carbonyl (C=O) groups is 3. The van der Waals surface area contributed by atoms with Crippen molar-refractivity contribution < 1.29 is 34.2 Å². The Labute approximate surface area is 219 Å². The van der Waals surface area contributed by atoms with E-state index in [0.717, 1.165) is 19.3 Å². The third-order valence-electron chi connectivity index (χ3n) is 7.47. The molecule has 0 amide bonds. The zero-order valence-corrected chi connectivity index (χ0v) is 23.4. The normalized spacial score (nSPS) is 15.9. The smallest absolute Gasteiger partial charge is 0.362 e. The zero-order valence-electron chi connectivity index (χ0n) is 23.4. The van der Waals surface area contributed by atoms with E-state index in [9.17, 15) is 29.7 Å². The van der Waals surface area contributed by atoms with E-state index in [0.29, 0.717) is 6.42 Å². The van der Waals surface area contributed by atoms with Gasteiger partial charge in [-0.1, -0.05) is 105 Å². The highest BCUT2D eigenvalue weighted by Crippen LogP contribution is 2.32. The molecule has 0 heterocycles. The number of carboxylic acid groups (broad SMARTS) is 3. The number of allylic oxidation sites excluding steroid dienone is 1. The second-order valence-corrected chi connectivity index (χ2v) is 10.1. The molecule has 0 spiro atoms. The summed E-state index contributed by atoms with van der Waals surface area (Å²) in [6, 6.07) is -3.43. The standard InChI is InChI=1S/C29H53NO6/c1-5-9-10-11-12-13-14-15-16-17-18-19-20-21-22-23-30(24(6-2)27(31)32,25(7-3)28(33)34)26(8-4)29(35)36/h22-26H,5-21H2,1-4H3,(H2-,31,32,33,34,35,36)/p+1/b23-22+. The maximum absolute atomic E-state index is 12.2. The molecule has 0 fully saturated rings. The minimum atomic E-state index is -1.16. The van der Waals surface area contributed by atoms with E-state index in [1.807, 2.05) is 6.08 Å². The van der Waals surface area contributed by atoms with Crippen LogP contribution in [0, 0.1) is 0 Å². The molecule has 3 atom stereocenters. The molecule has 0 aromatic heterocycles. The highest BCUT2D eigenvalue weighted by atomic mass is 16.4. The van der Waals surface area contributed by atoms with Gasteiger partial charge in [-0.25, -0.2) is 14.4 Å². The first-order valence-electron chi connectivity index (χ1n) is 14.5. The molecule has 7 heteroatoms. The Hall–Kier alpha value is -1.89. The first-order valence-corrected chi connectivity index (χ1v) is 14.5. The van der Waals surface area contributed by atoms with E-state index in [4.69, 9.17) is 0 Å². The Balaban J connectivity index is 4.97. The van der Waals surface area contributed by atoms with Crippen molar-refractivity contribution in [3.05, 3.63) is 12.3 Å². The molecule has 0 saturated heterocycles. The van der Waals surface area contributed by atoms with Crippen molar-refractivity contribution in [3.63, 3.8) is 0 Å². The Morgan fingerprint density at radius 1 is 0.556 bits per heavy atom. The average Bonchev–Trinajstić information content (AvgIpc) is 2.82. The summed E-state index contributed by atoms with van der Waals surface area (Å²) in [5, 5.41) is 29.9. The van der Waals surface area contributed by atoms with E-state index in [1.165, 1.54) is 64.2 Å². The Kier molecular flexibility index (Phi) is 19.1.